The second-order valence-electron chi connectivity index (χ2n) is 7.49. The van der Waals surface area contributed by atoms with Gasteiger partial charge in [-0.15, -0.1) is 6.58 Å². The van der Waals surface area contributed by atoms with E-state index in [1.165, 1.54) is 16.4 Å². The van der Waals surface area contributed by atoms with E-state index in [9.17, 15) is 13.2 Å². The Kier molecular flexibility index (Phi) is 7.75. The van der Waals surface area contributed by atoms with E-state index in [2.05, 4.69) is 6.58 Å². The van der Waals surface area contributed by atoms with Crippen molar-refractivity contribution in [3.05, 3.63) is 71.8 Å². The van der Waals surface area contributed by atoms with E-state index in [1.54, 1.807) is 30.2 Å². The molecule has 1 aliphatic rings. The number of hydrogen-bond donors (Lipinski definition) is 0. The average molecular weight is 463 g/mol. The molecule has 166 valence electrons. The van der Waals surface area contributed by atoms with Gasteiger partial charge in [-0.3, -0.25) is 4.79 Å². The van der Waals surface area contributed by atoms with Crippen molar-refractivity contribution < 1.29 is 17.9 Å². The maximum absolute atomic E-state index is 13.2. The molecule has 1 saturated heterocycles. The fourth-order valence-corrected chi connectivity index (χ4v) is 5.29. The minimum Gasteiger partial charge on any atom is -0.497 e. The summed E-state index contributed by atoms with van der Waals surface area (Å²) in [6, 6.07) is 13.8. The lowest BCUT2D eigenvalue weighted by Crippen LogP contribution is -2.44. The lowest BCUT2D eigenvalue weighted by atomic mass is 9.96. The summed E-state index contributed by atoms with van der Waals surface area (Å²) in [7, 11) is -1.98. The topological polar surface area (TPSA) is 66.9 Å². The first-order valence-electron chi connectivity index (χ1n) is 10.1. The van der Waals surface area contributed by atoms with Crippen LogP contribution in [0.2, 0.25) is 5.02 Å². The summed E-state index contributed by atoms with van der Waals surface area (Å²) in [5, 5.41) is 0.488. The quantitative estimate of drug-likeness (QED) is 0.557. The minimum absolute atomic E-state index is 0.0271. The number of sulfonamides is 1. The van der Waals surface area contributed by atoms with Crippen molar-refractivity contribution in [3.8, 4) is 5.75 Å². The van der Waals surface area contributed by atoms with Crippen molar-refractivity contribution >= 4 is 27.5 Å². The van der Waals surface area contributed by atoms with Gasteiger partial charge in [0.25, 0.3) is 0 Å². The van der Waals surface area contributed by atoms with Crippen molar-refractivity contribution in [1.82, 2.24) is 9.21 Å². The predicted molar refractivity (Wildman–Crippen MR) is 122 cm³/mol. The van der Waals surface area contributed by atoms with E-state index < -0.39 is 10.0 Å². The Balaban J connectivity index is 1.64. The van der Waals surface area contributed by atoms with Crippen molar-refractivity contribution in [2.45, 2.75) is 24.3 Å². The van der Waals surface area contributed by atoms with Gasteiger partial charge in [0.15, 0.2) is 0 Å². The Labute approximate surface area is 189 Å². The molecule has 3 rings (SSSR count). The number of methoxy groups -OCH3 is 1. The molecule has 1 aliphatic heterocycles. The molecule has 0 bridgehead atoms. The highest BCUT2D eigenvalue weighted by Crippen LogP contribution is 2.26. The molecular weight excluding hydrogens is 436 g/mol. The van der Waals surface area contributed by atoms with E-state index in [0.717, 1.165) is 11.3 Å². The van der Waals surface area contributed by atoms with Gasteiger partial charge in [-0.25, -0.2) is 8.42 Å². The Morgan fingerprint density at radius 3 is 2.32 bits per heavy atom. The molecule has 0 unspecified atom stereocenters. The molecule has 6 nitrogen and oxygen atoms in total. The third-order valence-corrected chi connectivity index (χ3v) is 7.61. The second kappa shape index (κ2) is 10.3. The zero-order valence-corrected chi connectivity index (χ0v) is 19.1. The number of rotatable bonds is 8. The molecule has 8 heteroatoms. The van der Waals surface area contributed by atoms with Crippen LogP contribution < -0.4 is 4.74 Å². The Morgan fingerprint density at radius 2 is 1.77 bits per heavy atom. The van der Waals surface area contributed by atoms with Crippen molar-refractivity contribution in [3.63, 3.8) is 0 Å². The molecule has 0 aliphatic carbocycles. The number of piperidine rings is 1. The highest BCUT2D eigenvalue weighted by molar-refractivity contribution is 7.89. The molecule has 0 N–H and O–H groups in total. The van der Waals surface area contributed by atoms with Gasteiger partial charge in [0, 0.05) is 37.1 Å². The first-order valence-corrected chi connectivity index (χ1v) is 12.0. The van der Waals surface area contributed by atoms with Gasteiger partial charge in [0.1, 0.15) is 5.75 Å². The number of benzene rings is 2. The van der Waals surface area contributed by atoms with Crippen molar-refractivity contribution in [2.75, 3.05) is 26.7 Å². The van der Waals surface area contributed by atoms with Gasteiger partial charge in [0.05, 0.1) is 12.0 Å². The van der Waals surface area contributed by atoms with Crippen molar-refractivity contribution in [2.24, 2.45) is 5.92 Å². The summed E-state index contributed by atoms with van der Waals surface area (Å²) in [5.74, 6) is 0.578. The highest BCUT2D eigenvalue weighted by atomic mass is 35.5. The van der Waals surface area contributed by atoms with E-state index in [-0.39, 0.29) is 16.7 Å². The molecule has 2 aromatic rings. The summed E-state index contributed by atoms with van der Waals surface area (Å²) in [6.07, 6.45) is 2.69. The molecule has 0 radical (unpaired) electrons. The highest BCUT2D eigenvalue weighted by Gasteiger charge is 2.33. The molecule has 0 atom stereocenters. The standard InChI is InChI=1S/C23H27ClN2O4S/c1-3-14-25(17-18-4-8-21(30-2)9-5-18)23(27)19-12-15-26(16-13-19)31(28,29)22-10-6-20(24)7-11-22/h3-11,19H,1,12-17H2,2H3. The van der Waals surface area contributed by atoms with Gasteiger partial charge < -0.3 is 9.64 Å². The van der Waals surface area contributed by atoms with Gasteiger partial charge in [0.2, 0.25) is 15.9 Å². The summed E-state index contributed by atoms with van der Waals surface area (Å²) in [4.78, 5) is 15.1. The smallest absolute Gasteiger partial charge is 0.243 e. The second-order valence-corrected chi connectivity index (χ2v) is 9.86. The molecule has 2 aromatic carbocycles. The number of halogens is 1. The minimum atomic E-state index is -3.59. The van der Waals surface area contributed by atoms with E-state index in [0.29, 0.717) is 44.0 Å². The third kappa shape index (κ3) is 5.67. The molecule has 1 amide bonds. The average Bonchev–Trinajstić information content (AvgIpc) is 2.79. The van der Waals surface area contributed by atoms with Crippen LogP contribution in [0.25, 0.3) is 0 Å². The number of hydrogen-bond acceptors (Lipinski definition) is 4. The molecule has 1 heterocycles. The van der Waals surface area contributed by atoms with Crippen LogP contribution in [-0.2, 0) is 21.4 Å². The first-order chi connectivity index (χ1) is 14.8. The van der Waals surface area contributed by atoms with Crippen LogP contribution in [0.15, 0.2) is 66.1 Å². The first kappa shape index (κ1) is 23.3. The summed E-state index contributed by atoms with van der Waals surface area (Å²) >= 11 is 5.87. The van der Waals surface area contributed by atoms with E-state index in [4.69, 9.17) is 16.3 Å². The molecule has 0 saturated carbocycles. The zero-order valence-electron chi connectivity index (χ0n) is 17.5. The molecule has 31 heavy (non-hydrogen) atoms. The van der Waals surface area contributed by atoms with Gasteiger partial charge in [-0.1, -0.05) is 29.8 Å². The molecule has 0 aromatic heterocycles. The van der Waals surface area contributed by atoms with Crippen LogP contribution in [0, 0.1) is 5.92 Å². The molecule has 1 fully saturated rings. The van der Waals surface area contributed by atoms with Gasteiger partial charge in [-0.05, 0) is 54.8 Å². The predicted octanol–water partition coefficient (Wildman–Crippen LogP) is 3.96. The van der Waals surface area contributed by atoms with Gasteiger partial charge >= 0.3 is 0 Å². The van der Waals surface area contributed by atoms with Crippen LogP contribution in [0.3, 0.4) is 0 Å². The summed E-state index contributed by atoms with van der Waals surface area (Å²) < 4.78 is 32.4. The number of carbonyl (C=O) groups is 1. The fraction of sp³-hybridized carbons (Fsp3) is 0.348. The van der Waals surface area contributed by atoms with E-state index in [1.807, 2.05) is 24.3 Å². The van der Waals surface area contributed by atoms with Crippen LogP contribution in [0.4, 0.5) is 0 Å². The SMILES string of the molecule is C=CCN(Cc1ccc(OC)cc1)C(=O)C1CCN(S(=O)(=O)c2ccc(Cl)cc2)CC1. The van der Waals surface area contributed by atoms with Crippen LogP contribution >= 0.6 is 11.6 Å². The van der Waals surface area contributed by atoms with E-state index >= 15 is 0 Å². The number of nitrogens with zero attached hydrogens (tertiary/aromatic N) is 2. The molecule has 0 spiro atoms. The third-order valence-electron chi connectivity index (χ3n) is 5.45. The number of ether oxygens (including phenoxy) is 1. The monoisotopic (exact) mass is 462 g/mol. The lowest BCUT2D eigenvalue weighted by Gasteiger charge is -2.33. The Hall–Kier alpha value is -2.35. The normalized spacial score (nSPS) is 15.4. The number of carbonyl (C=O) groups excluding carboxylic acids is 1. The lowest BCUT2D eigenvalue weighted by molar-refractivity contribution is -0.136. The van der Waals surface area contributed by atoms with Crippen LogP contribution in [0.5, 0.6) is 5.75 Å². The summed E-state index contributed by atoms with van der Waals surface area (Å²) in [6.45, 7) is 5.30. The van der Waals surface area contributed by atoms with Crippen LogP contribution in [0.1, 0.15) is 18.4 Å². The number of amides is 1. The zero-order chi connectivity index (χ0) is 22.4. The maximum Gasteiger partial charge on any atom is 0.243 e. The fourth-order valence-electron chi connectivity index (χ4n) is 3.70. The largest absolute Gasteiger partial charge is 0.497 e. The van der Waals surface area contributed by atoms with Crippen LogP contribution in [-0.4, -0.2) is 50.3 Å². The maximum atomic E-state index is 13.2. The van der Waals surface area contributed by atoms with Gasteiger partial charge in [-0.2, -0.15) is 4.31 Å². The Bertz CT molecular complexity index is 999. The van der Waals surface area contributed by atoms with Crippen molar-refractivity contribution in [1.29, 1.82) is 0 Å². The summed E-state index contributed by atoms with van der Waals surface area (Å²) in [5.41, 5.74) is 0.999. The Morgan fingerprint density at radius 1 is 1.16 bits per heavy atom. The molecular formula is C23H27ClN2O4S.